The van der Waals surface area contributed by atoms with Crippen LogP contribution in [0.15, 0.2) is 12.4 Å². The maximum absolute atomic E-state index is 11.9. The molecular weight excluding hydrogens is 302 g/mol. The summed E-state index contributed by atoms with van der Waals surface area (Å²) in [6.07, 6.45) is 11.1. The molecule has 2 fully saturated rings. The van der Waals surface area contributed by atoms with Crippen molar-refractivity contribution in [2.24, 2.45) is 5.92 Å². The molecule has 2 aliphatic rings. The lowest BCUT2D eigenvalue weighted by molar-refractivity contribution is -0.121. The largest absolute Gasteiger partial charge is 0.368 e. The molecular formula is C18H29N5O. The zero-order valence-corrected chi connectivity index (χ0v) is 14.5. The Morgan fingerprint density at radius 1 is 1.12 bits per heavy atom. The quantitative estimate of drug-likeness (QED) is 0.717. The maximum atomic E-state index is 11.9. The van der Waals surface area contributed by atoms with Gasteiger partial charge in [-0.25, -0.2) is 9.97 Å². The lowest BCUT2D eigenvalue weighted by Gasteiger charge is -2.16. The number of aromatic nitrogens is 2. The third-order valence-electron chi connectivity index (χ3n) is 5.09. The normalized spacial score (nSPS) is 18.1. The Hall–Kier alpha value is -1.85. The van der Waals surface area contributed by atoms with E-state index in [1.807, 2.05) is 6.07 Å². The molecule has 1 aliphatic carbocycles. The van der Waals surface area contributed by atoms with Crippen molar-refractivity contribution in [3.63, 3.8) is 0 Å². The Labute approximate surface area is 144 Å². The minimum absolute atomic E-state index is 0.171. The first-order valence-corrected chi connectivity index (χ1v) is 9.39. The summed E-state index contributed by atoms with van der Waals surface area (Å²) < 4.78 is 0. The van der Waals surface area contributed by atoms with E-state index in [4.69, 9.17) is 0 Å². The molecule has 1 aliphatic heterocycles. The second-order valence-corrected chi connectivity index (χ2v) is 6.92. The fourth-order valence-electron chi connectivity index (χ4n) is 3.68. The summed E-state index contributed by atoms with van der Waals surface area (Å²) in [7, 11) is 0. The minimum Gasteiger partial charge on any atom is -0.368 e. The lowest BCUT2D eigenvalue weighted by Crippen LogP contribution is -2.29. The monoisotopic (exact) mass is 331 g/mol. The summed E-state index contributed by atoms with van der Waals surface area (Å²) in [5.74, 6) is 2.76. The molecule has 1 amide bonds. The molecule has 0 atom stereocenters. The van der Waals surface area contributed by atoms with Gasteiger partial charge in [-0.3, -0.25) is 4.79 Å². The van der Waals surface area contributed by atoms with Crippen LogP contribution in [-0.4, -0.2) is 42.1 Å². The van der Waals surface area contributed by atoms with Crippen LogP contribution in [0.4, 0.5) is 11.6 Å². The highest BCUT2D eigenvalue weighted by Gasteiger charge is 2.16. The molecule has 3 rings (SSSR count). The average molecular weight is 331 g/mol. The van der Waals surface area contributed by atoms with Gasteiger partial charge in [0.05, 0.1) is 0 Å². The summed E-state index contributed by atoms with van der Waals surface area (Å²) in [4.78, 5) is 22.8. The molecule has 0 spiro atoms. The fourth-order valence-corrected chi connectivity index (χ4v) is 3.68. The second kappa shape index (κ2) is 8.85. The molecule has 1 aromatic rings. The van der Waals surface area contributed by atoms with Gasteiger partial charge in [-0.15, -0.1) is 0 Å². The van der Waals surface area contributed by atoms with E-state index in [1.54, 1.807) is 6.33 Å². The van der Waals surface area contributed by atoms with Crippen molar-refractivity contribution in [1.82, 2.24) is 15.3 Å². The third kappa shape index (κ3) is 5.08. The van der Waals surface area contributed by atoms with Crippen molar-refractivity contribution in [2.45, 2.75) is 51.4 Å². The first-order valence-electron chi connectivity index (χ1n) is 9.39. The van der Waals surface area contributed by atoms with E-state index in [2.05, 4.69) is 25.5 Å². The SMILES string of the molecule is O=C(CCC1CCCC1)NCCNc1cc(N2CCCC2)ncn1. The molecule has 0 bridgehead atoms. The number of carbonyl (C=O) groups is 1. The van der Waals surface area contributed by atoms with Gasteiger partial charge in [-0.1, -0.05) is 25.7 Å². The number of carbonyl (C=O) groups excluding carboxylic acids is 1. The van der Waals surface area contributed by atoms with Crippen LogP contribution in [0.2, 0.25) is 0 Å². The van der Waals surface area contributed by atoms with Gasteiger partial charge in [0.15, 0.2) is 0 Å². The third-order valence-corrected chi connectivity index (χ3v) is 5.09. The molecule has 24 heavy (non-hydrogen) atoms. The lowest BCUT2D eigenvalue weighted by atomic mass is 10.0. The van der Waals surface area contributed by atoms with Gasteiger partial charge >= 0.3 is 0 Å². The summed E-state index contributed by atoms with van der Waals surface area (Å²) >= 11 is 0. The van der Waals surface area contributed by atoms with E-state index in [1.165, 1.54) is 38.5 Å². The molecule has 0 radical (unpaired) electrons. The van der Waals surface area contributed by atoms with Crippen LogP contribution in [0.25, 0.3) is 0 Å². The highest BCUT2D eigenvalue weighted by molar-refractivity contribution is 5.75. The van der Waals surface area contributed by atoms with E-state index < -0.39 is 0 Å². The van der Waals surface area contributed by atoms with Crippen LogP contribution in [0.5, 0.6) is 0 Å². The van der Waals surface area contributed by atoms with Gasteiger partial charge in [0, 0.05) is 38.7 Å². The molecule has 1 aromatic heterocycles. The second-order valence-electron chi connectivity index (χ2n) is 6.92. The van der Waals surface area contributed by atoms with E-state index >= 15 is 0 Å². The molecule has 1 saturated carbocycles. The molecule has 6 nitrogen and oxygen atoms in total. The number of nitrogens with one attached hydrogen (secondary N) is 2. The molecule has 2 N–H and O–H groups in total. The molecule has 0 unspecified atom stereocenters. The van der Waals surface area contributed by atoms with Crippen LogP contribution in [0.3, 0.4) is 0 Å². The molecule has 2 heterocycles. The summed E-state index contributed by atoms with van der Waals surface area (Å²) in [6, 6.07) is 1.99. The zero-order valence-electron chi connectivity index (χ0n) is 14.5. The number of hydrogen-bond acceptors (Lipinski definition) is 5. The summed E-state index contributed by atoms with van der Waals surface area (Å²) in [6.45, 7) is 3.47. The average Bonchev–Trinajstić information content (AvgIpc) is 3.31. The summed E-state index contributed by atoms with van der Waals surface area (Å²) in [5, 5.41) is 6.26. The highest BCUT2D eigenvalue weighted by atomic mass is 16.1. The van der Waals surface area contributed by atoms with Crippen molar-refractivity contribution >= 4 is 17.5 Å². The van der Waals surface area contributed by atoms with Crippen LogP contribution >= 0.6 is 0 Å². The number of nitrogens with zero attached hydrogens (tertiary/aromatic N) is 3. The Bertz CT molecular complexity index is 524. The van der Waals surface area contributed by atoms with Gasteiger partial charge < -0.3 is 15.5 Å². The minimum atomic E-state index is 0.171. The zero-order chi connectivity index (χ0) is 16.6. The van der Waals surface area contributed by atoms with Crippen LogP contribution in [0, 0.1) is 5.92 Å². The molecule has 132 valence electrons. The van der Waals surface area contributed by atoms with Crippen molar-refractivity contribution in [1.29, 1.82) is 0 Å². The maximum Gasteiger partial charge on any atom is 0.220 e. The van der Waals surface area contributed by atoms with Gasteiger partial charge in [0.2, 0.25) is 5.91 Å². The van der Waals surface area contributed by atoms with Crippen molar-refractivity contribution in [3.8, 4) is 0 Å². The molecule has 1 saturated heterocycles. The standard InChI is InChI=1S/C18H29N5O/c24-18(8-7-15-5-1-2-6-15)20-10-9-19-16-13-17(22-14-21-16)23-11-3-4-12-23/h13-15H,1-12H2,(H,20,24)(H,19,21,22). The summed E-state index contributed by atoms with van der Waals surface area (Å²) in [5.41, 5.74) is 0. The predicted molar refractivity (Wildman–Crippen MR) is 96.2 cm³/mol. The predicted octanol–water partition coefficient (Wildman–Crippen LogP) is 2.58. The number of amides is 1. The van der Waals surface area contributed by atoms with Gasteiger partial charge in [0.25, 0.3) is 0 Å². The number of hydrogen-bond donors (Lipinski definition) is 2. The number of anilines is 2. The number of rotatable bonds is 8. The van der Waals surface area contributed by atoms with Crippen molar-refractivity contribution < 1.29 is 4.79 Å². The van der Waals surface area contributed by atoms with Crippen molar-refractivity contribution in [3.05, 3.63) is 12.4 Å². The van der Waals surface area contributed by atoms with Gasteiger partial charge in [-0.2, -0.15) is 0 Å². The Balaban J connectivity index is 1.32. The molecule has 0 aromatic carbocycles. The van der Waals surface area contributed by atoms with E-state index in [0.717, 1.165) is 37.1 Å². The Morgan fingerprint density at radius 2 is 1.92 bits per heavy atom. The topological polar surface area (TPSA) is 70.2 Å². The molecule has 6 heteroatoms. The van der Waals surface area contributed by atoms with E-state index in [0.29, 0.717) is 19.5 Å². The van der Waals surface area contributed by atoms with Crippen LogP contribution in [0.1, 0.15) is 51.4 Å². The van der Waals surface area contributed by atoms with E-state index in [9.17, 15) is 4.79 Å². The Morgan fingerprint density at radius 3 is 2.71 bits per heavy atom. The Kier molecular flexibility index (Phi) is 6.26. The van der Waals surface area contributed by atoms with Gasteiger partial charge in [0.1, 0.15) is 18.0 Å². The first kappa shape index (κ1) is 17.0. The fraction of sp³-hybridized carbons (Fsp3) is 0.722. The highest BCUT2D eigenvalue weighted by Crippen LogP contribution is 2.28. The first-order chi connectivity index (χ1) is 11.8. The van der Waals surface area contributed by atoms with Gasteiger partial charge in [-0.05, 0) is 25.2 Å². The van der Waals surface area contributed by atoms with Crippen LogP contribution < -0.4 is 15.5 Å². The smallest absolute Gasteiger partial charge is 0.220 e. The van der Waals surface area contributed by atoms with Crippen LogP contribution in [-0.2, 0) is 4.79 Å². The van der Waals surface area contributed by atoms with E-state index in [-0.39, 0.29) is 5.91 Å². The van der Waals surface area contributed by atoms with Crippen molar-refractivity contribution in [2.75, 3.05) is 36.4 Å².